The molecule has 0 aliphatic heterocycles. The maximum atomic E-state index is 9.60. The summed E-state index contributed by atoms with van der Waals surface area (Å²) < 4.78 is 1.97. The number of aliphatic hydroxyl groups excluding tert-OH is 1. The van der Waals surface area contributed by atoms with Crippen LogP contribution in [0.5, 0.6) is 5.75 Å². The molecule has 0 aliphatic carbocycles. The monoisotopic (exact) mass is 242 g/mol. The quantitative estimate of drug-likeness (QED) is 0.602. The topological polar surface area (TPSA) is 71.4 Å². The minimum atomic E-state index is 0.0450. The summed E-state index contributed by atoms with van der Waals surface area (Å²) in [6.07, 6.45) is 0. The average molecular weight is 242 g/mol. The van der Waals surface area contributed by atoms with Crippen LogP contribution in [-0.2, 0) is 6.54 Å². The van der Waals surface area contributed by atoms with Crippen molar-refractivity contribution in [3.63, 3.8) is 0 Å². The highest BCUT2D eigenvalue weighted by Crippen LogP contribution is 2.32. The van der Waals surface area contributed by atoms with E-state index in [4.69, 9.17) is 5.73 Å². The number of aromatic nitrogens is 1. The Morgan fingerprint density at radius 3 is 2.39 bits per heavy atom. The van der Waals surface area contributed by atoms with Crippen molar-refractivity contribution in [2.24, 2.45) is 0 Å². The lowest BCUT2D eigenvalue weighted by atomic mass is 10.1. The molecule has 0 unspecified atom stereocenters. The highest BCUT2D eigenvalue weighted by Gasteiger charge is 2.10. The summed E-state index contributed by atoms with van der Waals surface area (Å²) in [5.41, 5.74) is 8.39. The van der Waals surface area contributed by atoms with E-state index in [9.17, 15) is 10.2 Å². The van der Waals surface area contributed by atoms with Crippen LogP contribution in [0.25, 0.3) is 21.8 Å². The number of hydrogen-bond donors (Lipinski definition) is 3. The highest BCUT2D eigenvalue weighted by atomic mass is 16.3. The van der Waals surface area contributed by atoms with E-state index in [-0.39, 0.29) is 12.4 Å². The van der Waals surface area contributed by atoms with Gasteiger partial charge in [-0.1, -0.05) is 6.07 Å². The third-order valence-corrected chi connectivity index (χ3v) is 3.20. The highest BCUT2D eigenvalue weighted by molar-refractivity contribution is 6.09. The van der Waals surface area contributed by atoms with Gasteiger partial charge in [-0.3, -0.25) is 0 Å². The van der Waals surface area contributed by atoms with E-state index in [0.717, 1.165) is 21.8 Å². The van der Waals surface area contributed by atoms with Gasteiger partial charge in [-0.25, -0.2) is 0 Å². The molecular weight excluding hydrogens is 228 g/mol. The summed E-state index contributed by atoms with van der Waals surface area (Å²) in [6, 6.07) is 11.0. The van der Waals surface area contributed by atoms with Crippen LogP contribution in [0.15, 0.2) is 36.4 Å². The number of fused-ring (bicyclic) bond motifs is 3. The molecule has 1 heterocycles. The minimum absolute atomic E-state index is 0.0450. The Morgan fingerprint density at radius 2 is 1.67 bits per heavy atom. The van der Waals surface area contributed by atoms with E-state index in [0.29, 0.717) is 12.2 Å². The molecule has 92 valence electrons. The van der Waals surface area contributed by atoms with Gasteiger partial charge in [0, 0.05) is 29.1 Å². The number of hydrogen-bond acceptors (Lipinski definition) is 3. The fourth-order valence-electron chi connectivity index (χ4n) is 2.44. The van der Waals surface area contributed by atoms with Crippen LogP contribution < -0.4 is 5.73 Å². The van der Waals surface area contributed by atoms with E-state index >= 15 is 0 Å². The number of aromatic hydroxyl groups is 1. The van der Waals surface area contributed by atoms with Crippen LogP contribution in [0.1, 0.15) is 0 Å². The SMILES string of the molecule is Nc1ccc2c3ccc(O)cc3n(CCO)c2c1. The van der Waals surface area contributed by atoms with Gasteiger partial charge in [0.2, 0.25) is 0 Å². The van der Waals surface area contributed by atoms with Crippen molar-refractivity contribution in [1.82, 2.24) is 4.57 Å². The van der Waals surface area contributed by atoms with Crippen LogP contribution in [0.3, 0.4) is 0 Å². The second-order valence-electron chi connectivity index (χ2n) is 4.35. The fraction of sp³-hybridized carbons (Fsp3) is 0.143. The molecule has 0 saturated carbocycles. The van der Waals surface area contributed by atoms with E-state index in [1.807, 2.05) is 28.8 Å². The van der Waals surface area contributed by atoms with Crippen LogP contribution >= 0.6 is 0 Å². The Kier molecular flexibility index (Phi) is 2.38. The standard InChI is InChI=1S/C14H14N2O2/c15-9-1-3-11-12-4-2-10(18)8-14(12)16(5-6-17)13(11)7-9/h1-4,7-8,17-18H,5-6,15H2. The van der Waals surface area contributed by atoms with Crippen molar-refractivity contribution in [2.45, 2.75) is 6.54 Å². The Balaban J connectivity index is 2.48. The van der Waals surface area contributed by atoms with Crippen LogP contribution in [0.4, 0.5) is 5.69 Å². The van der Waals surface area contributed by atoms with Crippen LogP contribution in [0.2, 0.25) is 0 Å². The second-order valence-corrected chi connectivity index (χ2v) is 4.35. The molecule has 3 rings (SSSR count). The van der Waals surface area contributed by atoms with Crippen molar-refractivity contribution < 1.29 is 10.2 Å². The molecule has 0 atom stereocenters. The van der Waals surface area contributed by atoms with Gasteiger partial charge < -0.3 is 20.5 Å². The molecule has 4 nitrogen and oxygen atoms in total. The third kappa shape index (κ3) is 1.50. The number of benzene rings is 2. The molecule has 0 amide bonds. The zero-order valence-electron chi connectivity index (χ0n) is 9.80. The van der Waals surface area contributed by atoms with Crippen molar-refractivity contribution >= 4 is 27.5 Å². The summed E-state index contributed by atoms with van der Waals surface area (Å²) in [4.78, 5) is 0. The first-order chi connectivity index (χ1) is 8.70. The van der Waals surface area contributed by atoms with Gasteiger partial charge in [0.25, 0.3) is 0 Å². The van der Waals surface area contributed by atoms with Gasteiger partial charge in [-0.15, -0.1) is 0 Å². The van der Waals surface area contributed by atoms with E-state index < -0.39 is 0 Å². The zero-order chi connectivity index (χ0) is 12.7. The van der Waals surface area contributed by atoms with Gasteiger partial charge in [0.05, 0.1) is 17.6 Å². The van der Waals surface area contributed by atoms with Crippen molar-refractivity contribution in [1.29, 1.82) is 0 Å². The number of rotatable bonds is 2. The predicted octanol–water partition coefficient (Wildman–Crippen LogP) is 2.07. The van der Waals surface area contributed by atoms with Crippen molar-refractivity contribution in [2.75, 3.05) is 12.3 Å². The lowest BCUT2D eigenvalue weighted by Crippen LogP contribution is -2.01. The largest absolute Gasteiger partial charge is 0.508 e. The summed E-state index contributed by atoms with van der Waals surface area (Å²) in [5.74, 6) is 0.220. The number of anilines is 1. The Hall–Kier alpha value is -2.20. The average Bonchev–Trinajstić information content (AvgIpc) is 2.63. The molecule has 2 aromatic carbocycles. The van der Waals surface area contributed by atoms with E-state index in [1.165, 1.54) is 0 Å². The molecule has 18 heavy (non-hydrogen) atoms. The molecule has 0 fully saturated rings. The number of phenols is 1. The number of nitrogen functional groups attached to an aromatic ring is 1. The van der Waals surface area contributed by atoms with Gasteiger partial charge >= 0.3 is 0 Å². The molecule has 0 spiro atoms. The number of nitrogens with two attached hydrogens (primary N) is 1. The Morgan fingerprint density at radius 1 is 1.00 bits per heavy atom. The fourth-order valence-corrected chi connectivity index (χ4v) is 2.44. The molecule has 3 aromatic rings. The molecular formula is C14H14N2O2. The first kappa shape index (κ1) is 10.9. The number of nitrogens with zero attached hydrogens (tertiary/aromatic N) is 1. The van der Waals surface area contributed by atoms with Gasteiger partial charge in [-0.2, -0.15) is 0 Å². The van der Waals surface area contributed by atoms with E-state index in [2.05, 4.69) is 0 Å². The zero-order valence-corrected chi connectivity index (χ0v) is 9.80. The molecule has 4 N–H and O–H groups in total. The first-order valence-corrected chi connectivity index (χ1v) is 5.82. The summed E-state index contributed by atoms with van der Waals surface area (Å²) in [6.45, 7) is 0.524. The minimum Gasteiger partial charge on any atom is -0.508 e. The second kappa shape index (κ2) is 3.92. The Labute approximate surface area is 104 Å². The van der Waals surface area contributed by atoms with Crippen molar-refractivity contribution in [3.8, 4) is 5.75 Å². The lowest BCUT2D eigenvalue weighted by molar-refractivity contribution is 0.280. The maximum absolute atomic E-state index is 9.60. The van der Waals surface area contributed by atoms with E-state index in [1.54, 1.807) is 12.1 Å². The van der Waals surface area contributed by atoms with Crippen LogP contribution in [-0.4, -0.2) is 21.4 Å². The summed E-state index contributed by atoms with van der Waals surface area (Å²) in [7, 11) is 0. The van der Waals surface area contributed by atoms with Gasteiger partial charge in [0.1, 0.15) is 5.75 Å². The molecule has 4 heteroatoms. The third-order valence-electron chi connectivity index (χ3n) is 3.20. The molecule has 1 aromatic heterocycles. The molecule has 0 aliphatic rings. The molecule has 0 radical (unpaired) electrons. The van der Waals surface area contributed by atoms with Crippen LogP contribution in [0, 0.1) is 0 Å². The number of aliphatic hydroxyl groups is 1. The van der Waals surface area contributed by atoms with Gasteiger partial charge in [-0.05, 0) is 24.3 Å². The smallest absolute Gasteiger partial charge is 0.117 e. The molecule has 0 bridgehead atoms. The maximum Gasteiger partial charge on any atom is 0.117 e. The Bertz CT molecular complexity index is 672. The van der Waals surface area contributed by atoms with Crippen molar-refractivity contribution in [3.05, 3.63) is 36.4 Å². The predicted molar refractivity (Wildman–Crippen MR) is 72.6 cm³/mol. The first-order valence-electron chi connectivity index (χ1n) is 5.82. The van der Waals surface area contributed by atoms with Gasteiger partial charge in [0.15, 0.2) is 0 Å². The molecule has 0 saturated heterocycles. The summed E-state index contributed by atoms with van der Waals surface area (Å²) in [5, 5.41) is 20.9. The normalized spacial score (nSPS) is 11.4. The lowest BCUT2D eigenvalue weighted by Gasteiger charge is -2.05. The summed E-state index contributed by atoms with van der Waals surface area (Å²) >= 11 is 0. The number of phenolic OH excluding ortho intramolecular Hbond substituents is 1.